The normalized spacial score (nSPS) is 10.5. The van der Waals surface area contributed by atoms with Crippen molar-refractivity contribution in [1.29, 1.82) is 0 Å². The highest BCUT2D eigenvalue weighted by Gasteiger charge is 2.05. The summed E-state index contributed by atoms with van der Waals surface area (Å²) < 4.78 is 0. The van der Waals surface area contributed by atoms with Gasteiger partial charge in [0.2, 0.25) is 0 Å². The molecule has 17 heavy (non-hydrogen) atoms. The van der Waals surface area contributed by atoms with Crippen molar-refractivity contribution in [3.63, 3.8) is 0 Å². The Labute approximate surface area is 103 Å². The average Bonchev–Trinajstić information content (AvgIpc) is 2.33. The van der Waals surface area contributed by atoms with Crippen molar-refractivity contribution in [2.45, 2.75) is 20.4 Å². The highest BCUT2D eigenvalue weighted by atomic mass is 14.8. The molecular formula is C15H18N2. The topological polar surface area (TPSA) is 24.9 Å². The molecule has 0 bridgehead atoms. The van der Waals surface area contributed by atoms with E-state index in [-0.39, 0.29) is 0 Å². The molecule has 2 nitrogen and oxygen atoms in total. The summed E-state index contributed by atoms with van der Waals surface area (Å²) in [6.07, 6.45) is 1.88. The summed E-state index contributed by atoms with van der Waals surface area (Å²) in [5, 5.41) is 3.16. The van der Waals surface area contributed by atoms with E-state index < -0.39 is 0 Å². The number of hydrogen-bond donors (Lipinski definition) is 1. The van der Waals surface area contributed by atoms with E-state index in [9.17, 15) is 0 Å². The Morgan fingerprint density at radius 2 is 2.00 bits per heavy atom. The van der Waals surface area contributed by atoms with E-state index in [1.165, 1.54) is 22.3 Å². The van der Waals surface area contributed by atoms with Gasteiger partial charge in [-0.2, -0.15) is 0 Å². The van der Waals surface area contributed by atoms with Crippen LogP contribution in [0.1, 0.15) is 16.7 Å². The Kier molecular flexibility index (Phi) is 3.55. The maximum Gasteiger partial charge on any atom is 0.0707 e. The maximum absolute atomic E-state index is 4.47. The molecular weight excluding hydrogens is 208 g/mol. The second-order valence-electron chi connectivity index (χ2n) is 4.33. The first kappa shape index (κ1) is 11.8. The lowest BCUT2D eigenvalue weighted by molar-refractivity contribution is 0.816. The summed E-state index contributed by atoms with van der Waals surface area (Å²) in [7, 11) is 1.96. The molecule has 0 fully saturated rings. The molecule has 1 N–H and O–H groups in total. The van der Waals surface area contributed by atoms with Crippen molar-refractivity contribution in [2.24, 2.45) is 0 Å². The Hall–Kier alpha value is -1.67. The van der Waals surface area contributed by atoms with Gasteiger partial charge in [0.05, 0.1) is 5.69 Å². The van der Waals surface area contributed by atoms with Crippen LogP contribution in [0.25, 0.3) is 11.3 Å². The summed E-state index contributed by atoms with van der Waals surface area (Å²) in [5.41, 5.74) is 6.16. The van der Waals surface area contributed by atoms with Gasteiger partial charge in [0.15, 0.2) is 0 Å². The largest absolute Gasteiger partial charge is 0.316 e. The monoisotopic (exact) mass is 226 g/mol. The number of pyridine rings is 1. The lowest BCUT2D eigenvalue weighted by atomic mass is 10.00. The van der Waals surface area contributed by atoms with Crippen LogP contribution >= 0.6 is 0 Å². The fourth-order valence-corrected chi connectivity index (χ4v) is 1.96. The van der Waals surface area contributed by atoms with E-state index in [2.05, 4.69) is 48.4 Å². The number of hydrogen-bond acceptors (Lipinski definition) is 2. The number of nitrogens with one attached hydrogen (secondary N) is 1. The van der Waals surface area contributed by atoms with Crippen molar-refractivity contribution in [3.8, 4) is 11.3 Å². The second kappa shape index (κ2) is 5.11. The Bertz CT molecular complexity index is 518. The minimum atomic E-state index is 0.875. The number of aryl methyl sites for hydroxylation is 1. The maximum atomic E-state index is 4.47. The summed E-state index contributed by atoms with van der Waals surface area (Å²) in [4.78, 5) is 4.47. The molecule has 0 spiro atoms. The molecule has 0 aliphatic heterocycles. The van der Waals surface area contributed by atoms with Crippen LogP contribution in [0.4, 0.5) is 0 Å². The summed E-state index contributed by atoms with van der Waals surface area (Å²) in [6.45, 7) is 5.16. The molecule has 0 aliphatic carbocycles. The second-order valence-corrected chi connectivity index (χ2v) is 4.33. The highest BCUT2D eigenvalue weighted by Crippen LogP contribution is 2.24. The third kappa shape index (κ3) is 2.53. The predicted octanol–water partition coefficient (Wildman–Crippen LogP) is 3.08. The van der Waals surface area contributed by atoms with Gasteiger partial charge < -0.3 is 5.32 Å². The average molecular weight is 226 g/mol. The summed E-state index contributed by atoms with van der Waals surface area (Å²) in [5.74, 6) is 0. The van der Waals surface area contributed by atoms with Crippen molar-refractivity contribution in [3.05, 3.63) is 53.2 Å². The van der Waals surface area contributed by atoms with Gasteiger partial charge >= 0.3 is 0 Å². The molecule has 1 aromatic carbocycles. The van der Waals surface area contributed by atoms with Crippen LogP contribution in [0.3, 0.4) is 0 Å². The van der Waals surface area contributed by atoms with E-state index in [4.69, 9.17) is 0 Å². The molecule has 88 valence electrons. The number of rotatable bonds is 3. The lowest BCUT2D eigenvalue weighted by Gasteiger charge is -2.09. The smallest absolute Gasteiger partial charge is 0.0707 e. The molecule has 0 radical (unpaired) electrons. The van der Waals surface area contributed by atoms with Crippen molar-refractivity contribution < 1.29 is 0 Å². The highest BCUT2D eigenvalue weighted by molar-refractivity contribution is 5.65. The fraction of sp³-hybridized carbons (Fsp3) is 0.267. The molecule has 0 saturated heterocycles. The zero-order valence-corrected chi connectivity index (χ0v) is 10.6. The first-order valence-corrected chi connectivity index (χ1v) is 5.88. The third-order valence-corrected chi connectivity index (χ3v) is 3.09. The lowest BCUT2D eigenvalue weighted by Crippen LogP contribution is -2.05. The van der Waals surface area contributed by atoms with Crippen molar-refractivity contribution >= 4 is 0 Å². The summed E-state index contributed by atoms with van der Waals surface area (Å²) >= 11 is 0. The third-order valence-electron chi connectivity index (χ3n) is 3.09. The SMILES string of the molecule is CNCc1ccnc(-c2cccc(C)c2C)c1. The number of benzene rings is 1. The van der Waals surface area contributed by atoms with Gasteiger partial charge in [-0.1, -0.05) is 18.2 Å². The Morgan fingerprint density at radius 1 is 1.18 bits per heavy atom. The molecule has 0 saturated carbocycles. The van der Waals surface area contributed by atoms with Gasteiger partial charge in [-0.15, -0.1) is 0 Å². The first-order valence-electron chi connectivity index (χ1n) is 5.88. The van der Waals surface area contributed by atoms with Crippen LogP contribution < -0.4 is 5.32 Å². The number of aromatic nitrogens is 1. The molecule has 2 rings (SSSR count). The van der Waals surface area contributed by atoms with Crippen molar-refractivity contribution in [2.75, 3.05) is 7.05 Å². The minimum Gasteiger partial charge on any atom is -0.316 e. The Balaban J connectivity index is 2.45. The molecule has 2 aromatic rings. The minimum absolute atomic E-state index is 0.875. The molecule has 0 atom stereocenters. The van der Waals surface area contributed by atoms with Gasteiger partial charge in [-0.25, -0.2) is 0 Å². The van der Waals surface area contributed by atoms with Gasteiger partial charge in [-0.05, 0) is 49.7 Å². The van der Waals surface area contributed by atoms with Crippen LogP contribution in [0.15, 0.2) is 36.5 Å². The van der Waals surface area contributed by atoms with Crippen molar-refractivity contribution in [1.82, 2.24) is 10.3 Å². The molecule has 0 aliphatic rings. The van der Waals surface area contributed by atoms with Gasteiger partial charge in [-0.3, -0.25) is 4.98 Å². The van der Waals surface area contributed by atoms with Crippen LogP contribution in [0.5, 0.6) is 0 Å². The molecule has 2 heteroatoms. The summed E-state index contributed by atoms with van der Waals surface area (Å²) in [6, 6.07) is 10.6. The van der Waals surface area contributed by atoms with Crippen LogP contribution in [-0.2, 0) is 6.54 Å². The first-order chi connectivity index (χ1) is 8.22. The molecule has 0 amide bonds. The molecule has 1 aromatic heterocycles. The zero-order chi connectivity index (χ0) is 12.3. The van der Waals surface area contributed by atoms with E-state index in [0.717, 1.165) is 12.2 Å². The predicted molar refractivity (Wildman–Crippen MR) is 71.9 cm³/mol. The fourth-order valence-electron chi connectivity index (χ4n) is 1.96. The quantitative estimate of drug-likeness (QED) is 0.870. The molecule has 0 unspecified atom stereocenters. The van der Waals surface area contributed by atoms with Crippen LogP contribution in [0, 0.1) is 13.8 Å². The van der Waals surface area contributed by atoms with E-state index in [1.807, 2.05) is 19.3 Å². The standard InChI is InChI=1S/C15H18N2/c1-11-5-4-6-14(12(11)2)15-9-13(10-16-3)7-8-17-15/h4-9,16H,10H2,1-3H3. The zero-order valence-electron chi connectivity index (χ0n) is 10.6. The molecule has 1 heterocycles. The van der Waals surface area contributed by atoms with Crippen LogP contribution in [0.2, 0.25) is 0 Å². The van der Waals surface area contributed by atoms with Gasteiger partial charge in [0.1, 0.15) is 0 Å². The van der Waals surface area contributed by atoms with E-state index in [0.29, 0.717) is 0 Å². The van der Waals surface area contributed by atoms with E-state index >= 15 is 0 Å². The van der Waals surface area contributed by atoms with E-state index in [1.54, 1.807) is 0 Å². The van der Waals surface area contributed by atoms with Gasteiger partial charge in [0, 0.05) is 18.3 Å². The van der Waals surface area contributed by atoms with Crippen LogP contribution in [-0.4, -0.2) is 12.0 Å². The number of nitrogens with zero attached hydrogens (tertiary/aromatic N) is 1. The Morgan fingerprint density at radius 3 is 2.76 bits per heavy atom. The van der Waals surface area contributed by atoms with Gasteiger partial charge in [0.25, 0.3) is 0 Å².